The Balaban J connectivity index is 1.55. The topological polar surface area (TPSA) is 106 Å². The van der Waals surface area contributed by atoms with Crippen molar-refractivity contribution in [2.45, 2.75) is 84.2 Å². The molecule has 1 aliphatic carbocycles. The number of alkyl carbamates (subject to hydrolysis) is 2. The summed E-state index contributed by atoms with van der Waals surface area (Å²) in [7, 11) is 0. The molecule has 8 nitrogen and oxygen atoms in total. The maximum atomic E-state index is 13.1. The Kier molecular flexibility index (Phi) is 10.2. The summed E-state index contributed by atoms with van der Waals surface area (Å²) in [5.41, 5.74) is 1.50. The average molecular weight is 524 g/mol. The summed E-state index contributed by atoms with van der Waals surface area (Å²) in [5.74, 6) is 0.0615. The first-order valence-corrected chi connectivity index (χ1v) is 13.3. The monoisotopic (exact) mass is 523 g/mol. The van der Waals surface area contributed by atoms with E-state index < -0.39 is 23.8 Å². The Morgan fingerprint density at radius 2 is 1.50 bits per heavy atom. The number of hydrogen-bond donors (Lipinski definition) is 3. The molecule has 0 spiro atoms. The fourth-order valence-corrected chi connectivity index (χ4v) is 4.47. The fraction of sp³-hybridized carbons (Fsp3) is 0.500. The van der Waals surface area contributed by atoms with Crippen molar-refractivity contribution in [3.05, 3.63) is 71.8 Å². The highest BCUT2D eigenvalue weighted by Crippen LogP contribution is 2.40. The average Bonchev–Trinajstić information content (AvgIpc) is 3.63. The van der Waals surface area contributed by atoms with Crippen LogP contribution in [0.15, 0.2) is 60.7 Å². The van der Waals surface area contributed by atoms with E-state index >= 15 is 0 Å². The Labute approximate surface area is 225 Å². The lowest BCUT2D eigenvalue weighted by Gasteiger charge is -2.27. The lowest BCUT2D eigenvalue weighted by molar-refractivity contribution is -0.123. The summed E-state index contributed by atoms with van der Waals surface area (Å²) in [6, 6.07) is 18.6. The third kappa shape index (κ3) is 9.72. The zero-order valence-corrected chi connectivity index (χ0v) is 23.0. The molecule has 2 aromatic rings. The second-order valence-corrected chi connectivity index (χ2v) is 11.1. The standard InChI is InChI=1S/C30H41N3O5/c1-20(24-18-26(24)33-29(36)38-30(3,4)5)25(17-16-22-12-8-6-9-13-22)32-27(34)21(2)31-28(35)37-19-23-14-10-7-11-15-23/h6-15,20-21,24-26H,16-19H2,1-5H3,(H,31,35)(H,32,34)(H,33,36)/t20-,21+,24+,25-,26+/m1/s1. The molecule has 0 aromatic heterocycles. The molecule has 1 saturated carbocycles. The minimum absolute atomic E-state index is 0.0134. The van der Waals surface area contributed by atoms with Crippen LogP contribution >= 0.6 is 0 Å². The molecule has 2 aromatic carbocycles. The van der Waals surface area contributed by atoms with Crippen molar-refractivity contribution in [1.29, 1.82) is 0 Å². The van der Waals surface area contributed by atoms with Crippen LogP contribution in [0.4, 0.5) is 9.59 Å². The molecule has 206 valence electrons. The van der Waals surface area contributed by atoms with E-state index in [9.17, 15) is 14.4 Å². The lowest BCUT2D eigenvalue weighted by Crippen LogP contribution is -2.50. The third-order valence-corrected chi connectivity index (χ3v) is 6.71. The van der Waals surface area contributed by atoms with Gasteiger partial charge in [-0.2, -0.15) is 0 Å². The number of aryl methyl sites for hydroxylation is 1. The van der Waals surface area contributed by atoms with Gasteiger partial charge in [-0.3, -0.25) is 4.79 Å². The molecule has 0 saturated heterocycles. The van der Waals surface area contributed by atoms with Crippen molar-refractivity contribution in [2.24, 2.45) is 11.8 Å². The van der Waals surface area contributed by atoms with E-state index in [1.165, 1.54) is 5.56 Å². The predicted molar refractivity (Wildman–Crippen MR) is 146 cm³/mol. The van der Waals surface area contributed by atoms with Gasteiger partial charge in [-0.15, -0.1) is 0 Å². The number of hydrogen-bond acceptors (Lipinski definition) is 5. The molecule has 3 amide bonds. The molecule has 1 aliphatic rings. The Bertz CT molecular complexity index is 1050. The summed E-state index contributed by atoms with van der Waals surface area (Å²) in [6.45, 7) is 9.38. The highest BCUT2D eigenvalue weighted by Gasteiger charge is 2.45. The van der Waals surface area contributed by atoms with Gasteiger partial charge in [0.2, 0.25) is 5.91 Å². The Morgan fingerprint density at radius 1 is 0.895 bits per heavy atom. The van der Waals surface area contributed by atoms with Crippen LogP contribution in [0.5, 0.6) is 0 Å². The van der Waals surface area contributed by atoms with E-state index in [1.807, 2.05) is 69.3 Å². The second kappa shape index (κ2) is 13.3. The first kappa shape index (κ1) is 29.0. The van der Waals surface area contributed by atoms with Crippen molar-refractivity contribution in [1.82, 2.24) is 16.0 Å². The first-order valence-electron chi connectivity index (χ1n) is 13.3. The van der Waals surface area contributed by atoms with Gasteiger partial charge in [-0.25, -0.2) is 9.59 Å². The molecule has 38 heavy (non-hydrogen) atoms. The Hall–Kier alpha value is -3.55. The highest BCUT2D eigenvalue weighted by molar-refractivity contribution is 5.85. The van der Waals surface area contributed by atoms with Gasteiger partial charge < -0.3 is 25.4 Å². The van der Waals surface area contributed by atoms with Crippen molar-refractivity contribution < 1.29 is 23.9 Å². The maximum absolute atomic E-state index is 13.1. The van der Waals surface area contributed by atoms with Crippen molar-refractivity contribution in [2.75, 3.05) is 0 Å². The number of amides is 3. The molecule has 0 unspecified atom stereocenters. The summed E-state index contributed by atoms with van der Waals surface area (Å²) in [5, 5.41) is 8.72. The minimum atomic E-state index is -0.764. The molecular formula is C30H41N3O5. The number of carbonyl (C=O) groups is 3. The number of benzene rings is 2. The van der Waals surface area contributed by atoms with E-state index in [4.69, 9.17) is 9.47 Å². The smallest absolute Gasteiger partial charge is 0.408 e. The van der Waals surface area contributed by atoms with E-state index in [0.29, 0.717) is 0 Å². The quantitative estimate of drug-likeness (QED) is 0.386. The van der Waals surface area contributed by atoms with Gasteiger partial charge in [-0.1, -0.05) is 67.6 Å². The normalized spacial score (nSPS) is 18.9. The van der Waals surface area contributed by atoms with Crippen LogP contribution in [-0.2, 0) is 27.3 Å². The van der Waals surface area contributed by atoms with Crippen LogP contribution < -0.4 is 16.0 Å². The number of carbonyl (C=O) groups excluding carboxylic acids is 3. The number of ether oxygens (including phenoxy) is 2. The van der Waals surface area contributed by atoms with Gasteiger partial charge >= 0.3 is 12.2 Å². The largest absolute Gasteiger partial charge is 0.445 e. The molecule has 0 bridgehead atoms. The van der Waals surface area contributed by atoms with Gasteiger partial charge in [0.15, 0.2) is 0 Å². The van der Waals surface area contributed by atoms with Crippen LogP contribution in [0.25, 0.3) is 0 Å². The third-order valence-electron chi connectivity index (χ3n) is 6.71. The van der Waals surface area contributed by atoms with E-state index in [1.54, 1.807) is 6.92 Å². The fourth-order valence-electron chi connectivity index (χ4n) is 4.47. The van der Waals surface area contributed by atoms with Gasteiger partial charge in [0.1, 0.15) is 18.2 Å². The van der Waals surface area contributed by atoms with E-state index in [0.717, 1.165) is 24.8 Å². The molecule has 3 rings (SSSR count). The molecule has 1 fully saturated rings. The summed E-state index contributed by atoms with van der Waals surface area (Å²) < 4.78 is 10.6. The molecule has 0 radical (unpaired) electrons. The van der Waals surface area contributed by atoms with Gasteiger partial charge in [0, 0.05) is 12.1 Å². The van der Waals surface area contributed by atoms with Gasteiger partial charge in [0.05, 0.1) is 0 Å². The van der Waals surface area contributed by atoms with E-state index in [-0.39, 0.29) is 36.4 Å². The molecule has 0 heterocycles. The predicted octanol–water partition coefficient (Wildman–Crippen LogP) is 4.97. The molecule has 3 N–H and O–H groups in total. The first-order chi connectivity index (χ1) is 18.0. The number of rotatable bonds is 11. The molecule has 5 atom stereocenters. The summed E-state index contributed by atoms with van der Waals surface area (Å²) >= 11 is 0. The summed E-state index contributed by atoms with van der Waals surface area (Å²) in [4.78, 5) is 37.5. The van der Waals surface area contributed by atoms with Crippen LogP contribution in [0.2, 0.25) is 0 Å². The number of nitrogens with one attached hydrogen (secondary N) is 3. The molecular weight excluding hydrogens is 482 g/mol. The second-order valence-electron chi connectivity index (χ2n) is 11.1. The minimum Gasteiger partial charge on any atom is -0.445 e. The molecule has 0 aliphatic heterocycles. The lowest BCUT2D eigenvalue weighted by atomic mass is 9.90. The van der Waals surface area contributed by atoms with Gasteiger partial charge in [0.25, 0.3) is 0 Å². The van der Waals surface area contributed by atoms with E-state index in [2.05, 4.69) is 35.0 Å². The zero-order valence-electron chi connectivity index (χ0n) is 23.0. The Morgan fingerprint density at radius 3 is 2.11 bits per heavy atom. The summed E-state index contributed by atoms with van der Waals surface area (Å²) in [6.07, 6.45) is 1.30. The van der Waals surface area contributed by atoms with Crippen LogP contribution in [0.1, 0.15) is 58.6 Å². The SMILES string of the molecule is C[C@H]([C@@H]1C[C@@H]1NC(=O)OC(C)(C)C)[C@@H](CCc1ccccc1)NC(=O)[C@H](C)NC(=O)OCc1ccccc1. The van der Waals surface area contributed by atoms with Crippen LogP contribution in [-0.4, -0.2) is 41.8 Å². The van der Waals surface area contributed by atoms with Crippen molar-refractivity contribution in [3.63, 3.8) is 0 Å². The van der Waals surface area contributed by atoms with Crippen LogP contribution in [0.3, 0.4) is 0 Å². The van der Waals surface area contributed by atoms with Crippen molar-refractivity contribution >= 4 is 18.1 Å². The van der Waals surface area contributed by atoms with Crippen molar-refractivity contribution in [3.8, 4) is 0 Å². The zero-order chi connectivity index (χ0) is 27.7. The molecule has 8 heteroatoms. The maximum Gasteiger partial charge on any atom is 0.408 e. The van der Waals surface area contributed by atoms with Gasteiger partial charge in [-0.05, 0) is 69.9 Å². The highest BCUT2D eigenvalue weighted by atomic mass is 16.6. The van der Waals surface area contributed by atoms with Crippen LogP contribution in [0, 0.1) is 11.8 Å².